The van der Waals surface area contributed by atoms with Gasteiger partial charge in [-0.1, -0.05) is 51.8 Å². The molecule has 0 aromatic heterocycles. The normalized spacial score (nSPS) is 17.2. The van der Waals surface area contributed by atoms with Crippen LogP contribution in [0.4, 0.5) is 0 Å². The topological polar surface area (TPSA) is 9.23 Å². The molecule has 1 heterocycles. The summed E-state index contributed by atoms with van der Waals surface area (Å²) in [5.74, 6) is 1.02. The zero-order chi connectivity index (χ0) is 15.2. The van der Waals surface area contributed by atoms with Crippen molar-refractivity contribution in [1.29, 1.82) is 0 Å². The largest absolute Gasteiger partial charge is 0.492 e. The molecule has 0 N–H and O–H groups in total. The predicted molar refractivity (Wildman–Crippen MR) is 103 cm³/mol. The van der Waals surface area contributed by atoms with Crippen LogP contribution in [0.2, 0.25) is 0 Å². The molecular formula is C17H15Br2IO. The van der Waals surface area contributed by atoms with Crippen LogP contribution in [0.1, 0.15) is 35.4 Å². The highest BCUT2D eigenvalue weighted by atomic mass is 127. The fourth-order valence-electron chi connectivity index (χ4n) is 2.58. The Kier molecular flexibility index (Phi) is 4.41. The minimum atomic E-state index is 0.0837. The quantitative estimate of drug-likeness (QED) is 0.337. The van der Waals surface area contributed by atoms with E-state index in [4.69, 9.17) is 4.74 Å². The molecule has 0 saturated heterocycles. The molecule has 110 valence electrons. The standard InChI is InChI=1S/C17H15Br2IO/c1-17(2)9-21-15-6-3-10(7-13(15)17)16(19)12-8-11(20)4-5-14(12)18/h3-8,16H,9H2,1-2H3. The average Bonchev–Trinajstić information content (AvgIpc) is 2.76. The smallest absolute Gasteiger partial charge is 0.123 e. The number of benzene rings is 2. The van der Waals surface area contributed by atoms with Crippen LogP contribution in [0.25, 0.3) is 0 Å². The molecule has 3 rings (SSSR count). The second-order valence-corrected chi connectivity index (χ2v) is 8.97. The Labute approximate surface area is 155 Å². The summed E-state index contributed by atoms with van der Waals surface area (Å²) in [6.07, 6.45) is 0. The van der Waals surface area contributed by atoms with E-state index in [1.165, 1.54) is 20.3 Å². The first kappa shape index (κ1) is 15.8. The molecule has 0 aliphatic carbocycles. The van der Waals surface area contributed by atoms with Gasteiger partial charge in [0.05, 0.1) is 11.4 Å². The Hall–Kier alpha value is -0.0700. The first-order valence-corrected chi connectivity index (χ1v) is 9.53. The molecule has 1 aliphatic rings. The second-order valence-electron chi connectivity index (χ2n) is 5.96. The second kappa shape index (κ2) is 5.85. The lowest BCUT2D eigenvalue weighted by atomic mass is 9.85. The highest BCUT2D eigenvalue weighted by Gasteiger charge is 2.32. The number of hydrogen-bond donors (Lipinski definition) is 0. The minimum Gasteiger partial charge on any atom is -0.492 e. The molecule has 2 aromatic carbocycles. The Balaban J connectivity index is 2.03. The van der Waals surface area contributed by atoms with E-state index < -0.39 is 0 Å². The van der Waals surface area contributed by atoms with Crippen molar-refractivity contribution in [3.8, 4) is 5.75 Å². The zero-order valence-electron chi connectivity index (χ0n) is 11.8. The first-order chi connectivity index (χ1) is 9.88. The van der Waals surface area contributed by atoms with E-state index in [1.807, 2.05) is 0 Å². The van der Waals surface area contributed by atoms with E-state index >= 15 is 0 Å². The molecule has 1 atom stereocenters. The van der Waals surface area contributed by atoms with Crippen LogP contribution in [0, 0.1) is 3.57 Å². The van der Waals surface area contributed by atoms with Crippen LogP contribution >= 0.6 is 54.5 Å². The van der Waals surface area contributed by atoms with Crippen LogP contribution in [0.15, 0.2) is 40.9 Å². The number of halogens is 3. The van der Waals surface area contributed by atoms with Gasteiger partial charge in [0.1, 0.15) is 5.75 Å². The summed E-state index contributed by atoms with van der Waals surface area (Å²) in [5, 5.41) is 0. The monoisotopic (exact) mass is 520 g/mol. The molecule has 0 fully saturated rings. The molecular weight excluding hydrogens is 507 g/mol. The summed E-state index contributed by atoms with van der Waals surface area (Å²) in [6.45, 7) is 5.21. The number of rotatable bonds is 2. The van der Waals surface area contributed by atoms with E-state index in [9.17, 15) is 0 Å². The Morgan fingerprint density at radius 3 is 2.71 bits per heavy atom. The van der Waals surface area contributed by atoms with Crippen molar-refractivity contribution in [1.82, 2.24) is 0 Å². The van der Waals surface area contributed by atoms with Crippen molar-refractivity contribution >= 4 is 54.5 Å². The van der Waals surface area contributed by atoms with Gasteiger partial charge in [0.2, 0.25) is 0 Å². The molecule has 0 spiro atoms. The van der Waals surface area contributed by atoms with Gasteiger partial charge >= 0.3 is 0 Å². The van der Waals surface area contributed by atoms with Gasteiger partial charge in [-0.25, -0.2) is 0 Å². The third kappa shape index (κ3) is 3.04. The van der Waals surface area contributed by atoms with Gasteiger partial charge in [0.15, 0.2) is 0 Å². The molecule has 1 nitrogen and oxygen atoms in total. The van der Waals surface area contributed by atoms with Gasteiger partial charge in [0, 0.05) is 19.0 Å². The lowest BCUT2D eigenvalue weighted by molar-refractivity contribution is 0.291. The fourth-order valence-corrected chi connectivity index (χ4v) is 4.55. The number of hydrogen-bond acceptors (Lipinski definition) is 1. The molecule has 4 heteroatoms. The average molecular weight is 522 g/mol. The molecule has 1 unspecified atom stereocenters. The molecule has 21 heavy (non-hydrogen) atoms. The minimum absolute atomic E-state index is 0.0837. The van der Waals surface area contributed by atoms with E-state index in [2.05, 4.69) is 105 Å². The maximum Gasteiger partial charge on any atom is 0.123 e. The Morgan fingerprint density at radius 1 is 1.19 bits per heavy atom. The van der Waals surface area contributed by atoms with Gasteiger partial charge in [-0.3, -0.25) is 0 Å². The summed E-state index contributed by atoms with van der Waals surface area (Å²) in [7, 11) is 0. The number of ether oxygens (including phenoxy) is 1. The van der Waals surface area contributed by atoms with E-state index in [0.717, 1.165) is 16.8 Å². The van der Waals surface area contributed by atoms with Crippen LogP contribution in [-0.4, -0.2) is 6.61 Å². The molecule has 0 radical (unpaired) electrons. The van der Waals surface area contributed by atoms with Crippen molar-refractivity contribution in [3.63, 3.8) is 0 Å². The summed E-state index contributed by atoms with van der Waals surface area (Å²) in [6, 6.07) is 12.9. The van der Waals surface area contributed by atoms with Gasteiger partial charge in [0.25, 0.3) is 0 Å². The van der Waals surface area contributed by atoms with Gasteiger partial charge in [-0.05, 0) is 64.0 Å². The molecule has 0 saturated carbocycles. The molecule has 0 amide bonds. The van der Waals surface area contributed by atoms with E-state index in [-0.39, 0.29) is 10.2 Å². The van der Waals surface area contributed by atoms with Crippen LogP contribution in [0.5, 0.6) is 5.75 Å². The Morgan fingerprint density at radius 2 is 1.95 bits per heavy atom. The molecule has 0 bridgehead atoms. The fraction of sp³-hybridized carbons (Fsp3) is 0.294. The number of alkyl halides is 1. The zero-order valence-corrected chi connectivity index (χ0v) is 17.1. The van der Waals surface area contributed by atoms with Crippen molar-refractivity contribution in [2.75, 3.05) is 6.61 Å². The van der Waals surface area contributed by atoms with Crippen molar-refractivity contribution in [2.45, 2.75) is 24.1 Å². The van der Waals surface area contributed by atoms with Gasteiger partial charge < -0.3 is 4.74 Å². The van der Waals surface area contributed by atoms with Crippen molar-refractivity contribution in [3.05, 3.63) is 61.1 Å². The van der Waals surface area contributed by atoms with Crippen LogP contribution in [0.3, 0.4) is 0 Å². The molecule has 1 aliphatic heterocycles. The lowest BCUT2D eigenvalue weighted by Gasteiger charge is -2.18. The van der Waals surface area contributed by atoms with Crippen LogP contribution < -0.4 is 4.74 Å². The summed E-state index contributed by atoms with van der Waals surface area (Å²) in [4.78, 5) is 0.170. The third-order valence-corrected chi connectivity index (χ3v) is 6.26. The summed E-state index contributed by atoms with van der Waals surface area (Å²) in [5.41, 5.74) is 3.89. The van der Waals surface area contributed by atoms with Crippen LogP contribution in [-0.2, 0) is 5.41 Å². The highest BCUT2D eigenvalue weighted by molar-refractivity contribution is 14.1. The lowest BCUT2D eigenvalue weighted by Crippen LogP contribution is -2.18. The maximum absolute atomic E-state index is 5.77. The number of fused-ring (bicyclic) bond motifs is 1. The SMILES string of the molecule is CC1(C)COc2ccc(C(Br)c3cc(I)ccc3Br)cc21. The Bertz CT molecular complexity index is 697. The first-order valence-electron chi connectivity index (χ1n) is 6.75. The summed E-state index contributed by atoms with van der Waals surface area (Å²) >= 11 is 9.85. The molecule has 2 aromatic rings. The highest BCUT2D eigenvalue weighted by Crippen LogP contribution is 2.43. The van der Waals surface area contributed by atoms with Crippen molar-refractivity contribution < 1.29 is 4.74 Å². The van der Waals surface area contributed by atoms with Gasteiger partial charge in [-0.2, -0.15) is 0 Å². The third-order valence-electron chi connectivity index (χ3n) is 3.85. The van der Waals surface area contributed by atoms with E-state index in [0.29, 0.717) is 0 Å². The predicted octanol–water partition coefficient (Wildman–Crippen LogP) is 6.21. The summed E-state index contributed by atoms with van der Waals surface area (Å²) < 4.78 is 8.13. The maximum atomic E-state index is 5.77. The van der Waals surface area contributed by atoms with Gasteiger partial charge in [-0.15, -0.1) is 0 Å². The van der Waals surface area contributed by atoms with E-state index in [1.54, 1.807) is 0 Å². The van der Waals surface area contributed by atoms with Crippen molar-refractivity contribution in [2.24, 2.45) is 0 Å².